The number of hydrogen-bond donors (Lipinski definition) is 1. The molecule has 3 aromatic rings. The van der Waals surface area contributed by atoms with Crippen LogP contribution in [0.3, 0.4) is 0 Å². The summed E-state index contributed by atoms with van der Waals surface area (Å²) < 4.78 is 8.05. The van der Waals surface area contributed by atoms with Crippen LogP contribution in [0.1, 0.15) is 12.8 Å². The summed E-state index contributed by atoms with van der Waals surface area (Å²) in [6, 6.07) is 18.1. The predicted octanol–water partition coefficient (Wildman–Crippen LogP) is 5.18. The molecule has 1 fully saturated rings. The van der Waals surface area contributed by atoms with Crippen LogP contribution in [0.15, 0.2) is 70.8 Å². The van der Waals surface area contributed by atoms with Crippen molar-refractivity contribution in [2.75, 3.05) is 23.9 Å². The zero-order chi connectivity index (χ0) is 20.8. The maximum Gasteiger partial charge on any atom is 0.234 e. The summed E-state index contributed by atoms with van der Waals surface area (Å²) in [5, 5.41) is 3.83. The van der Waals surface area contributed by atoms with Crippen LogP contribution in [0, 0.1) is 0 Å². The maximum absolute atomic E-state index is 12.5. The maximum atomic E-state index is 12.5. The van der Waals surface area contributed by atoms with E-state index in [0.29, 0.717) is 5.75 Å². The smallest absolute Gasteiger partial charge is 0.234 e. The van der Waals surface area contributed by atoms with Crippen molar-refractivity contribution in [1.82, 2.24) is 9.55 Å². The van der Waals surface area contributed by atoms with Crippen molar-refractivity contribution in [3.05, 3.63) is 60.8 Å². The summed E-state index contributed by atoms with van der Waals surface area (Å²) in [6.45, 7) is 1.57. The highest BCUT2D eigenvalue weighted by Gasteiger charge is 2.21. The van der Waals surface area contributed by atoms with E-state index < -0.39 is 0 Å². The van der Waals surface area contributed by atoms with Gasteiger partial charge < -0.3 is 14.6 Å². The Morgan fingerprint density at radius 3 is 2.87 bits per heavy atom. The molecule has 156 valence electrons. The first-order chi connectivity index (χ1) is 14.7. The Bertz CT molecular complexity index is 985. The van der Waals surface area contributed by atoms with Crippen LogP contribution in [0.25, 0.3) is 11.3 Å². The van der Waals surface area contributed by atoms with Gasteiger partial charge in [-0.1, -0.05) is 48.2 Å². The lowest BCUT2D eigenvalue weighted by molar-refractivity contribution is -0.113. The van der Waals surface area contributed by atoms with Gasteiger partial charge in [-0.3, -0.25) is 4.79 Å². The predicted molar refractivity (Wildman–Crippen MR) is 124 cm³/mol. The molecule has 0 bridgehead atoms. The van der Waals surface area contributed by atoms with E-state index in [2.05, 4.69) is 27.0 Å². The first-order valence-corrected chi connectivity index (χ1v) is 12.2. The molecule has 1 aliphatic rings. The Labute approximate surface area is 185 Å². The number of benzene rings is 2. The van der Waals surface area contributed by atoms with Crippen LogP contribution >= 0.6 is 23.5 Å². The molecular weight excluding hydrogens is 414 g/mol. The number of amides is 1. The molecule has 2 aromatic carbocycles. The zero-order valence-electron chi connectivity index (χ0n) is 16.9. The zero-order valence-corrected chi connectivity index (χ0v) is 18.5. The standard InChI is InChI=1S/C23H25N3O2S2/c1-29-20-11-5-9-18(13-20)25-22(27)16-30-23-24-14-21(17-7-3-2-4-8-17)26(23)15-19-10-6-12-28-19/h2-5,7-9,11,13-14,19H,6,10,12,15-16H2,1H3,(H,25,27). The fourth-order valence-electron chi connectivity index (χ4n) is 3.51. The Morgan fingerprint density at radius 1 is 1.23 bits per heavy atom. The molecule has 1 saturated heterocycles. The van der Waals surface area contributed by atoms with Crippen LogP contribution in [-0.2, 0) is 16.1 Å². The normalized spacial score (nSPS) is 16.0. The number of aromatic nitrogens is 2. The minimum atomic E-state index is -0.0359. The third kappa shape index (κ3) is 5.28. The molecule has 5 nitrogen and oxygen atoms in total. The summed E-state index contributed by atoms with van der Waals surface area (Å²) in [6.07, 6.45) is 6.27. The van der Waals surface area contributed by atoms with E-state index >= 15 is 0 Å². The van der Waals surface area contributed by atoms with Gasteiger partial charge in [0.1, 0.15) is 0 Å². The monoisotopic (exact) mass is 439 g/mol. The molecule has 4 rings (SSSR count). The summed E-state index contributed by atoms with van der Waals surface area (Å²) >= 11 is 3.12. The van der Waals surface area contributed by atoms with Crippen LogP contribution in [0.5, 0.6) is 0 Å². The Morgan fingerprint density at radius 2 is 2.10 bits per heavy atom. The topological polar surface area (TPSA) is 56.2 Å². The molecule has 2 heterocycles. The average Bonchev–Trinajstić information content (AvgIpc) is 3.43. The van der Waals surface area contributed by atoms with E-state index in [1.807, 2.05) is 54.9 Å². The SMILES string of the molecule is CSc1cccc(NC(=O)CSc2ncc(-c3ccccc3)n2CC2CCCO2)c1. The van der Waals surface area contributed by atoms with E-state index in [1.165, 1.54) is 11.8 Å². The van der Waals surface area contributed by atoms with Crippen molar-refractivity contribution in [3.8, 4) is 11.3 Å². The average molecular weight is 440 g/mol. The second kappa shape index (κ2) is 10.2. The lowest BCUT2D eigenvalue weighted by Crippen LogP contribution is -2.18. The number of nitrogens with zero attached hydrogens (tertiary/aromatic N) is 2. The molecule has 1 amide bonds. The molecule has 30 heavy (non-hydrogen) atoms. The highest BCUT2D eigenvalue weighted by Crippen LogP contribution is 2.28. The van der Waals surface area contributed by atoms with Crippen molar-refractivity contribution < 1.29 is 9.53 Å². The summed E-state index contributed by atoms with van der Waals surface area (Å²) in [5.74, 6) is 0.270. The molecule has 0 radical (unpaired) electrons. The number of carbonyl (C=O) groups is 1. The highest BCUT2D eigenvalue weighted by atomic mass is 32.2. The van der Waals surface area contributed by atoms with Gasteiger partial charge in [-0.15, -0.1) is 11.8 Å². The lowest BCUT2D eigenvalue weighted by Gasteiger charge is -2.16. The molecule has 7 heteroatoms. The van der Waals surface area contributed by atoms with Gasteiger partial charge in [-0.25, -0.2) is 4.98 Å². The van der Waals surface area contributed by atoms with E-state index in [9.17, 15) is 4.79 Å². The highest BCUT2D eigenvalue weighted by molar-refractivity contribution is 7.99. The number of rotatable bonds is 8. The molecule has 0 aliphatic carbocycles. The van der Waals surface area contributed by atoms with Gasteiger partial charge in [0.2, 0.25) is 5.91 Å². The molecule has 0 saturated carbocycles. The molecule has 1 atom stereocenters. The van der Waals surface area contributed by atoms with Gasteiger partial charge in [0.05, 0.1) is 30.3 Å². The number of imidazole rings is 1. The van der Waals surface area contributed by atoms with Crippen LogP contribution in [0.2, 0.25) is 0 Å². The van der Waals surface area contributed by atoms with Crippen LogP contribution in [0.4, 0.5) is 5.69 Å². The van der Waals surface area contributed by atoms with Crippen molar-refractivity contribution in [2.45, 2.75) is 35.5 Å². The number of carbonyl (C=O) groups excluding carboxylic acids is 1. The van der Waals surface area contributed by atoms with Crippen molar-refractivity contribution >= 4 is 35.1 Å². The first kappa shape index (κ1) is 21.0. The fraction of sp³-hybridized carbons (Fsp3) is 0.304. The lowest BCUT2D eigenvalue weighted by atomic mass is 10.1. The number of ether oxygens (including phenoxy) is 1. The van der Waals surface area contributed by atoms with Gasteiger partial charge in [0, 0.05) is 17.2 Å². The molecular formula is C23H25N3O2S2. The van der Waals surface area contributed by atoms with Crippen molar-refractivity contribution in [2.24, 2.45) is 0 Å². The Balaban J connectivity index is 1.47. The van der Waals surface area contributed by atoms with E-state index in [-0.39, 0.29) is 12.0 Å². The van der Waals surface area contributed by atoms with Gasteiger partial charge in [-0.2, -0.15) is 0 Å². The number of anilines is 1. The first-order valence-electron chi connectivity index (χ1n) is 10.0. The third-order valence-electron chi connectivity index (χ3n) is 4.98. The second-order valence-electron chi connectivity index (χ2n) is 7.11. The summed E-state index contributed by atoms with van der Waals surface area (Å²) in [7, 11) is 0. The van der Waals surface area contributed by atoms with E-state index in [0.717, 1.165) is 53.0 Å². The minimum absolute atomic E-state index is 0.0359. The van der Waals surface area contributed by atoms with Gasteiger partial charge in [-0.05, 0) is 42.9 Å². The van der Waals surface area contributed by atoms with Gasteiger partial charge >= 0.3 is 0 Å². The second-order valence-corrected chi connectivity index (χ2v) is 8.93. The summed E-state index contributed by atoms with van der Waals surface area (Å²) in [5.41, 5.74) is 3.00. The minimum Gasteiger partial charge on any atom is -0.376 e. The molecule has 1 aromatic heterocycles. The quantitative estimate of drug-likeness (QED) is 0.490. The fourth-order valence-corrected chi connectivity index (χ4v) is 4.76. The number of hydrogen-bond acceptors (Lipinski definition) is 5. The molecule has 1 unspecified atom stereocenters. The number of thioether (sulfide) groups is 2. The number of nitrogens with one attached hydrogen (secondary N) is 1. The van der Waals surface area contributed by atoms with Crippen molar-refractivity contribution in [3.63, 3.8) is 0 Å². The Kier molecular flexibility index (Phi) is 7.15. The molecule has 0 spiro atoms. The largest absolute Gasteiger partial charge is 0.376 e. The molecule has 1 aliphatic heterocycles. The Hall–Kier alpha value is -2.22. The summed E-state index contributed by atoms with van der Waals surface area (Å²) in [4.78, 5) is 18.3. The van der Waals surface area contributed by atoms with Crippen LogP contribution < -0.4 is 5.32 Å². The van der Waals surface area contributed by atoms with E-state index in [4.69, 9.17) is 4.74 Å². The van der Waals surface area contributed by atoms with Crippen molar-refractivity contribution in [1.29, 1.82) is 0 Å². The van der Waals surface area contributed by atoms with Gasteiger partial charge in [0.15, 0.2) is 5.16 Å². The van der Waals surface area contributed by atoms with E-state index in [1.54, 1.807) is 11.8 Å². The molecule has 1 N–H and O–H groups in total. The van der Waals surface area contributed by atoms with Crippen LogP contribution in [-0.4, -0.2) is 40.2 Å². The van der Waals surface area contributed by atoms with Gasteiger partial charge in [0.25, 0.3) is 0 Å². The third-order valence-corrected chi connectivity index (χ3v) is 6.70.